The highest BCUT2D eigenvalue weighted by Gasteiger charge is 2.46. The van der Waals surface area contributed by atoms with E-state index in [-0.39, 0.29) is 30.3 Å². The lowest BCUT2D eigenvalue weighted by atomic mass is 10.0. The van der Waals surface area contributed by atoms with E-state index in [0.29, 0.717) is 34.5 Å². The van der Waals surface area contributed by atoms with Gasteiger partial charge in [0.05, 0.1) is 18.7 Å². The molecule has 5 aromatic rings. The van der Waals surface area contributed by atoms with Crippen molar-refractivity contribution in [1.82, 2.24) is 15.3 Å². The second-order valence-corrected chi connectivity index (χ2v) is 11.3. The second-order valence-electron chi connectivity index (χ2n) is 11.3. The maximum Gasteiger partial charge on any atom is 0.343 e. The van der Waals surface area contributed by atoms with E-state index in [1.165, 1.54) is 19.1 Å². The van der Waals surface area contributed by atoms with Crippen molar-refractivity contribution in [3.8, 4) is 0 Å². The number of carbonyl (C=O) groups excluding carboxylic acids is 5. The Bertz CT molecular complexity index is 2040. The van der Waals surface area contributed by atoms with Crippen LogP contribution < -0.4 is 21.3 Å². The number of rotatable bonds is 13. The van der Waals surface area contributed by atoms with Crippen LogP contribution in [-0.4, -0.2) is 58.4 Å². The molecule has 0 spiro atoms. The molecule has 13 nitrogen and oxygen atoms in total. The Balaban J connectivity index is 1.34. The van der Waals surface area contributed by atoms with E-state index in [4.69, 9.17) is 9.47 Å². The molecule has 0 saturated heterocycles. The topological polar surface area (TPSA) is 178 Å². The van der Waals surface area contributed by atoms with E-state index in [0.717, 1.165) is 5.56 Å². The predicted molar refractivity (Wildman–Crippen MR) is 191 cm³/mol. The minimum atomic E-state index is -2.02. The maximum atomic E-state index is 13.4. The zero-order valence-electron chi connectivity index (χ0n) is 28.2. The molecule has 0 aliphatic rings. The lowest BCUT2D eigenvalue weighted by Crippen LogP contribution is -2.59. The van der Waals surface area contributed by atoms with Gasteiger partial charge in [0, 0.05) is 34.6 Å². The van der Waals surface area contributed by atoms with Crippen molar-refractivity contribution in [3.05, 3.63) is 126 Å². The summed E-state index contributed by atoms with van der Waals surface area (Å²) in [6.45, 7) is 4.78. The van der Waals surface area contributed by atoms with Gasteiger partial charge in [-0.1, -0.05) is 48.5 Å². The molecule has 1 heterocycles. The molecule has 260 valence electrons. The van der Waals surface area contributed by atoms with Crippen LogP contribution in [0.25, 0.3) is 10.9 Å². The van der Waals surface area contributed by atoms with E-state index in [1.54, 1.807) is 86.6 Å². The SMILES string of the molecule is CCOC(=O)C(C)(NC(=O)c1ccc(NCc2ccc3c(C(=O)Nc4ccccc4)nc(C(=O)Nc4ccccc4)nc3c2)cc1)C(=O)OCC. The number of para-hydroxylation sites is 2. The van der Waals surface area contributed by atoms with Crippen LogP contribution in [0.15, 0.2) is 103 Å². The molecule has 0 fully saturated rings. The van der Waals surface area contributed by atoms with Crippen molar-refractivity contribution in [2.75, 3.05) is 29.2 Å². The first-order valence-electron chi connectivity index (χ1n) is 16.2. The highest BCUT2D eigenvalue weighted by atomic mass is 16.6. The number of nitrogens with zero attached hydrogens (tertiary/aromatic N) is 2. The Labute approximate surface area is 293 Å². The summed E-state index contributed by atoms with van der Waals surface area (Å²) in [5, 5.41) is 11.8. The summed E-state index contributed by atoms with van der Waals surface area (Å²) in [5.74, 6) is -3.77. The largest absolute Gasteiger partial charge is 0.464 e. The number of benzene rings is 4. The third kappa shape index (κ3) is 8.70. The molecule has 0 aliphatic carbocycles. The molecule has 0 bridgehead atoms. The number of amides is 3. The highest BCUT2D eigenvalue weighted by molar-refractivity contribution is 6.13. The van der Waals surface area contributed by atoms with Gasteiger partial charge in [-0.3, -0.25) is 14.4 Å². The van der Waals surface area contributed by atoms with E-state index in [2.05, 4.69) is 31.2 Å². The molecule has 4 aromatic carbocycles. The number of nitrogens with one attached hydrogen (secondary N) is 4. The molecular weight excluding hydrogens is 652 g/mol. The Kier molecular flexibility index (Phi) is 11.3. The van der Waals surface area contributed by atoms with E-state index in [1.807, 2.05) is 18.2 Å². The van der Waals surface area contributed by atoms with Crippen molar-refractivity contribution >= 4 is 57.6 Å². The summed E-state index contributed by atoms with van der Waals surface area (Å²) >= 11 is 0. The van der Waals surface area contributed by atoms with E-state index >= 15 is 0 Å². The summed E-state index contributed by atoms with van der Waals surface area (Å²) in [5.41, 5.74) is 1.17. The zero-order chi connectivity index (χ0) is 36.4. The number of esters is 2. The van der Waals surface area contributed by atoms with Gasteiger partial charge in [-0.2, -0.15) is 0 Å². The average molecular weight is 689 g/mol. The number of ether oxygens (including phenoxy) is 2. The maximum absolute atomic E-state index is 13.4. The van der Waals surface area contributed by atoms with Crippen LogP contribution in [0.3, 0.4) is 0 Å². The van der Waals surface area contributed by atoms with Crippen molar-refractivity contribution in [2.24, 2.45) is 0 Å². The van der Waals surface area contributed by atoms with Gasteiger partial charge in [-0.05, 0) is 80.9 Å². The first kappa shape index (κ1) is 35.7. The first-order chi connectivity index (χ1) is 24.6. The van der Waals surface area contributed by atoms with Crippen LogP contribution in [0.1, 0.15) is 57.8 Å². The van der Waals surface area contributed by atoms with E-state index in [9.17, 15) is 24.0 Å². The van der Waals surface area contributed by atoms with Crippen LogP contribution in [0.4, 0.5) is 17.1 Å². The third-order valence-corrected chi connectivity index (χ3v) is 7.62. The lowest BCUT2D eigenvalue weighted by Gasteiger charge is -2.26. The number of anilines is 3. The minimum absolute atomic E-state index is 0.0176. The first-order valence-corrected chi connectivity index (χ1v) is 16.2. The fourth-order valence-electron chi connectivity index (χ4n) is 4.96. The number of carbonyl (C=O) groups is 5. The number of fused-ring (bicyclic) bond motifs is 1. The molecule has 0 radical (unpaired) electrons. The molecule has 1 aromatic heterocycles. The van der Waals surface area contributed by atoms with E-state index < -0.39 is 35.2 Å². The fraction of sp³-hybridized carbons (Fsp3) is 0.184. The molecule has 0 unspecified atom stereocenters. The molecule has 0 atom stereocenters. The van der Waals surface area contributed by atoms with Crippen molar-refractivity contribution in [1.29, 1.82) is 0 Å². The Morgan fingerprint density at radius 2 is 1.22 bits per heavy atom. The molecule has 4 N–H and O–H groups in total. The molecule has 0 saturated carbocycles. The predicted octanol–water partition coefficient (Wildman–Crippen LogP) is 5.36. The fourth-order valence-corrected chi connectivity index (χ4v) is 4.96. The lowest BCUT2D eigenvalue weighted by molar-refractivity contribution is -0.164. The molecular formula is C38H36N6O7. The van der Waals surface area contributed by atoms with Gasteiger partial charge < -0.3 is 30.7 Å². The molecule has 3 amide bonds. The average Bonchev–Trinajstić information content (AvgIpc) is 3.14. The molecule has 13 heteroatoms. The molecule has 0 aliphatic heterocycles. The van der Waals surface area contributed by atoms with Crippen LogP contribution in [0, 0.1) is 0 Å². The monoisotopic (exact) mass is 688 g/mol. The molecule has 51 heavy (non-hydrogen) atoms. The zero-order valence-corrected chi connectivity index (χ0v) is 28.2. The van der Waals surface area contributed by atoms with Crippen LogP contribution >= 0.6 is 0 Å². The van der Waals surface area contributed by atoms with Crippen LogP contribution in [0.5, 0.6) is 0 Å². The van der Waals surface area contributed by atoms with Crippen molar-refractivity contribution in [3.63, 3.8) is 0 Å². The number of aromatic nitrogens is 2. The molecule has 5 rings (SSSR count). The number of hydrogen-bond acceptors (Lipinski definition) is 10. The summed E-state index contributed by atoms with van der Waals surface area (Å²) in [4.78, 5) is 73.6. The van der Waals surface area contributed by atoms with Crippen molar-refractivity contribution in [2.45, 2.75) is 32.9 Å². The van der Waals surface area contributed by atoms with Crippen LogP contribution in [-0.2, 0) is 25.6 Å². The third-order valence-electron chi connectivity index (χ3n) is 7.62. The number of hydrogen-bond donors (Lipinski definition) is 4. The smallest absolute Gasteiger partial charge is 0.343 e. The highest BCUT2D eigenvalue weighted by Crippen LogP contribution is 2.22. The van der Waals surface area contributed by atoms with Crippen LogP contribution in [0.2, 0.25) is 0 Å². The summed E-state index contributed by atoms with van der Waals surface area (Å²) in [7, 11) is 0. The summed E-state index contributed by atoms with van der Waals surface area (Å²) in [6.07, 6.45) is 0. The van der Waals surface area contributed by atoms with Gasteiger partial charge >= 0.3 is 11.9 Å². The van der Waals surface area contributed by atoms with Gasteiger partial charge in [0.25, 0.3) is 17.7 Å². The van der Waals surface area contributed by atoms with Gasteiger partial charge in [0.15, 0.2) is 0 Å². The van der Waals surface area contributed by atoms with Crippen molar-refractivity contribution < 1.29 is 33.4 Å². The Morgan fingerprint density at radius 1 is 0.647 bits per heavy atom. The van der Waals surface area contributed by atoms with Gasteiger partial charge in [0.1, 0.15) is 5.69 Å². The second kappa shape index (κ2) is 16.2. The summed E-state index contributed by atoms with van der Waals surface area (Å²) in [6, 6.07) is 29.5. The van der Waals surface area contributed by atoms with Gasteiger partial charge in [-0.25, -0.2) is 19.6 Å². The Hall–Kier alpha value is -6.63. The van der Waals surface area contributed by atoms with Gasteiger partial charge in [0.2, 0.25) is 11.4 Å². The quantitative estimate of drug-likeness (QED) is 0.0930. The standard InChI is InChI=1S/C38H36N6O7/c1-4-50-36(48)38(3,37(49)51-5-2)44-33(45)25-17-19-26(20-18-25)39-23-24-16-21-29-30(22-24)42-32(35(47)41-28-14-10-7-11-15-28)43-31(29)34(46)40-27-12-8-6-9-13-27/h6-22,39H,4-5,23H2,1-3H3,(H,40,46)(H,41,47)(H,44,45). The Morgan fingerprint density at radius 3 is 1.78 bits per heavy atom. The van der Waals surface area contributed by atoms with Gasteiger partial charge in [-0.15, -0.1) is 0 Å². The summed E-state index contributed by atoms with van der Waals surface area (Å²) < 4.78 is 10.0. The normalized spacial score (nSPS) is 10.9. The minimum Gasteiger partial charge on any atom is -0.464 e.